The molecule has 0 bridgehead atoms. The smallest absolute Gasteiger partial charge is 0.213 e. The molecule has 37 heavy (non-hydrogen) atoms. The molecule has 5 rings (SSSR count). The quantitative estimate of drug-likeness (QED) is 0.158. The van der Waals surface area contributed by atoms with Crippen molar-refractivity contribution in [2.24, 2.45) is 0 Å². The van der Waals surface area contributed by atoms with E-state index in [0.29, 0.717) is 28.3 Å². The molecule has 190 valence electrons. The number of aromatic nitrogens is 3. The fourth-order valence-corrected chi connectivity index (χ4v) is 4.43. The molecular weight excluding hydrogens is 553 g/mol. The average Bonchev–Trinajstić information content (AvgIpc) is 2.84. The number of pyridine rings is 3. The van der Waals surface area contributed by atoms with Crippen molar-refractivity contribution in [2.75, 3.05) is 7.11 Å². The fraction of sp³-hybridized carbons (Fsp3) is 0.115. The monoisotopic (exact) mass is 567 g/mol. The van der Waals surface area contributed by atoms with E-state index in [9.17, 15) is 17.6 Å². The van der Waals surface area contributed by atoms with Gasteiger partial charge in [0.1, 0.15) is 28.4 Å². The van der Waals surface area contributed by atoms with Crippen LogP contribution in [0, 0.1) is 37.1 Å². The second kappa shape index (κ2) is 10.7. The molecule has 0 amide bonds. The number of hydrogen-bond acceptors (Lipinski definition) is 4. The predicted molar refractivity (Wildman–Crippen MR) is 138 cm³/mol. The maximum absolute atomic E-state index is 13.9. The van der Waals surface area contributed by atoms with Crippen LogP contribution in [0.3, 0.4) is 0 Å². The summed E-state index contributed by atoms with van der Waals surface area (Å²) in [6, 6.07) is 7.23. The van der Waals surface area contributed by atoms with Crippen LogP contribution in [0.4, 0.5) is 17.6 Å². The van der Waals surface area contributed by atoms with Crippen LogP contribution < -0.4 is 4.74 Å². The molecule has 0 unspecified atom stereocenters. The molecule has 0 aliphatic heterocycles. The van der Waals surface area contributed by atoms with E-state index in [4.69, 9.17) is 39.5 Å². The van der Waals surface area contributed by atoms with Crippen LogP contribution in [-0.2, 0) is 0 Å². The largest absolute Gasteiger partial charge is 0.481 e. The molecule has 0 atom stereocenters. The Hall–Kier alpha value is -3.20. The number of rotatable bonds is 2. The van der Waals surface area contributed by atoms with Crippen LogP contribution in [0.5, 0.6) is 5.88 Å². The van der Waals surface area contributed by atoms with Gasteiger partial charge in [-0.15, -0.1) is 0 Å². The Bertz CT molecular complexity index is 1680. The Labute approximate surface area is 223 Å². The highest BCUT2D eigenvalue weighted by Gasteiger charge is 2.17. The van der Waals surface area contributed by atoms with Gasteiger partial charge >= 0.3 is 0 Å². The second-order valence-corrected chi connectivity index (χ2v) is 9.01. The number of fused-ring (bicyclic) bond motifs is 2. The zero-order valence-electron chi connectivity index (χ0n) is 19.4. The molecule has 3 aromatic heterocycles. The van der Waals surface area contributed by atoms with E-state index in [0.717, 1.165) is 24.3 Å². The van der Waals surface area contributed by atoms with Crippen LogP contribution in [0.25, 0.3) is 33.1 Å². The minimum atomic E-state index is -0.734. The highest BCUT2D eigenvalue weighted by molar-refractivity contribution is 6.39. The van der Waals surface area contributed by atoms with Gasteiger partial charge in [0.15, 0.2) is 0 Å². The molecular formula is C26H16Cl3F4N3O. The first-order chi connectivity index (χ1) is 17.5. The molecule has 3 heterocycles. The molecule has 0 aliphatic rings. The number of benzene rings is 2. The van der Waals surface area contributed by atoms with Crippen molar-refractivity contribution in [1.29, 1.82) is 0 Å². The van der Waals surface area contributed by atoms with E-state index in [-0.39, 0.29) is 37.0 Å². The van der Waals surface area contributed by atoms with Crippen molar-refractivity contribution in [3.8, 4) is 17.1 Å². The van der Waals surface area contributed by atoms with E-state index >= 15 is 0 Å². The fourth-order valence-electron chi connectivity index (χ4n) is 3.64. The molecule has 0 saturated heterocycles. The molecule has 0 spiro atoms. The van der Waals surface area contributed by atoms with Gasteiger partial charge in [-0.2, -0.15) is 0 Å². The first-order valence-corrected chi connectivity index (χ1v) is 11.7. The highest BCUT2D eigenvalue weighted by atomic mass is 35.5. The number of hydrogen-bond donors (Lipinski definition) is 0. The Morgan fingerprint density at radius 2 is 1.27 bits per heavy atom. The molecule has 11 heteroatoms. The summed E-state index contributed by atoms with van der Waals surface area (Å²) in [7, 11) is 1.50. The topological polar surface area (TPSA) is 47.9 Å². The minimum Gasteiger partial charge on any atom is -0.481 e. The van der Waals surface area contributed by atoms with Crippen molar-refractivity contribution in [1.82, 2.24) is 15.0 Å². The van der Waals surface area contributed by atoms with E-state index in [1.807, 2.05) is 0 Å². The van der Waals surface area contributed by atoms with Crippen LogP contribution in [0.2, 0.25) is 15.2 Å². The molecule has 4 nitrogen and oxygen atoms in total. The summed E-state index contributed by atoms with van der Waals surface area (Å²) in [4.78, 5) is 12.2. The molecule has 0 N–H and O–H groups in total. The zero-order valence-corrected chi connectivity index (χ0v) is 21.7. The van der Waals surface area contributed by atoms with Crippen molar-refractivity contribution >= 4 is 56.6 Å². The van der Waals surface area contributed by atoms with Gasteiger partial charge in [-0.1, -0.05) is 34.8 Å². The van der Waals surface area contributed by atoms with Crippen molar-refractivity contribution in [3.63, 3.8) is 0 Å². The lowest BCUT2D eigenvalue weighted by molar-refractivity contribution is 0.398. The van der Waals surface area contributed by atoms with Crippen LogP contribution >= 0.6 is 34.8 Å². The second-order valence-electron chi connectivity index (χ2n) is 7.89. The zero-order chi connectivity index (χ0) is 27.0. The van der Waals surface area contributed by atoms with Crippen molar-refractivity contribution in [3.05, 3.63) is 92.2 Å². The van der Waals surface area contributed by atoms with Crippen LogP contribution in [0.15, 0.2) is 42.6 Å². The lowest BCUT2D eigenvalue weighted by Gasteiger charge is -2.11. The number of methoxy groups -OCH3 is 1. The SMILES string of the molecule is COc1cc(-c2nc3cc(F)cc(F)c3c(Cl)c2C)ccn1.Cc1c(Cl)nc2cc(F)cc(F)c2c1Cl. The van der Waals surface area contributed by atoms with Gasteiger partial charge in [0, 0.05) is 47.7 Å². The first-order valence-electron chi connectivity index (χ1n) is 10.6. The van der Waals surface area contributed by atoms with Crippen molar-refractivity contribution < 1.29 is 22.3 Å². The van der Waals surface area contributed by atoms with Gasteiger partial charge in [-0.25, -0.2) is 32.5 Å². The Morgan fingerprint density at radius 1 is 0.730 bits per heavy atom. The van der Waals surface area contributed by atoms with Gasteiger partial charge < -0.3 is 4.74 Å². The Balaban J connectivity index is 0.000000186. The lowest BCUT2D eigenvalue weighted by Crippen LogP contribution is -1.96. The molecule has 2 aromatic carbocycles. The first kappa shape index (κ1) is 26.9. The average molecular weight is 569 g/mol. The van der Waals surface area contributed by atoms with Crippen molar-refractivity contribution in [2.45, 2.75) is 13.8 Å². The summed E-state index contributed by atoms with van der Waals surface area (Å²) in [5.41, 5.74) is 2.61. The van der Waals surface area contributed by atoms with E-state index in [1.54, 1.807) is 32.2 Å². The van der Waals surface area contributed by atoms with Gasteiger partial charge in [0.05, 0.1) is 44.7 Å². The number of ether oxygens (including phenoxy) is 1. The predicted octanol–water partition coefficient (Wildman–Crippen LogP) is 8.67. The van der Waals surface area contributed by atoms with Crippen LogP contribution in [0.1, 0.15) is 11.1 Å². The minimum absolute atomic E-state index is 0.0972. The molecule has 0 aliphatic carbocycles. The lowest BCUT2D eigenvalue weighted by atomic mass is 10.0. The van der Waals surface area contributed by atoms with Gasteiger partial charge in [-0.05, 0) is 25.5 Å². The Kier molecular flexibility index (Phi) is 7.73. The van der Waals surface area contributed by atoms with E-state index < -0.39 is 23.3 Å². The van der Waals surface area contributed by atoms with Gasteiger partial charge in [-0.3, -0.25) is 0 Å². The summed E-state index contributed by atoms with van der Waals surface area (Å²) in [6.45, 7) is 3.36. The molecule has 0 saturated carbocycles. The van der Waals surface area contributed by atoms with E-state index in [1.165, 1.54) is 7.11 Å². The standard InChI is InChI=1S/C16H11ClF2N2O.C10H5Cl2F2N/c1-8-15(17)14-11(19)6-10(18)7-12(14)21-16(8)9-3-4-20-13(5-9)22-2;1-4-9(11)8-6(14)2-5(13)3-7(8)15-10(4)12/h3-7H,1-2H3;2-3H,1H3. The third-order valence-corrected chi connectivity index (χ3v) is 6.81. The summed E-state index contributed by atoms with van der Waals surface area (Å²) < 4.78 is 58.8. The third-order valence-electron chi connectivity index (χ3n) is 5.50. The Morgan fingerprint density at radius 3 is 1.84 bits per heavy atom. The number of nitrogens with zero attached hydrogens (tertiary/aromatic N) is 3. The summed E-state index contributed by atoms with van der Waals surface area (Å²) in [5, 5.41) is 0.749. The summed E-state index contributed by atoms with van der Waals surface area (Å²) >= 11 is 17.9. The maximum atomic E-state index is 13.9. The normalized spacial score (nSPS) is 11.0. The van der Waals surface area contributed by atoms with Gasteiger partial charge in [0.2, 0.25) is 5.88 Å². The molecule has 0 fully saturated rings. The maximum Gasteiger partial charge on any atom is 0.213 e. The molecule has 0 radical (unpaired) electrons. The third kappa shape index (κ3) is 5.28. The van der Waals surface area contributed by atoms with Crippen LogP contribution in [-0.4, -0.2) is 22.1 Å². The summed E-state index contributed by atoms with van der Waals surface area (Å²) in [5.74, 6) is -2.45. The molecule has 5 aromatic rings. The highest BCUT2D eigenvalue weighted by Crippen LogP contribution is 2.35. The van der Waals surface area contributed by atoms with E-state index in [2.05, 4.69) is 15.0 Å². The summed E-state index contributed by atoms with van der Waals surface area (Å²) in [6.07, 6.45) is 1.57. The van der Waals surface area contributed by atoms with Gasteiger partial charge in [0.25, 0.3) is 0 Å². The number of halogens is 7.